The fraction of sp³-hybridized carbons (Fsp3) is 0.260. The highest BCUT2D eigenvalue weighted by Gasteiger charge is 2.26. The summed E-state index contributed by atoms with van der Waals surface area (Å²) in [6.07, 6.45) is 0.816. The van der Waals surface area contributed by atoms with E-state index in [9.17, 15) is 36.2 Å². The van der Waals surface area contributed by atoms with Crippen LogP contribution >= 0.6 is 0 Å². The molecular formula is C50H50F6N8O4. The number of benzene rings is 4. The Kier molecular flexibility index (Phi) is 17.8. The molecule has 3 atom stereocenters. The molecule has 1 unspecified atom stereocenters. The zero-order valence-electron chi connectivity index (χ0n) is 37.6. The first kappa shape index (κ1) is 50.3. The van der Waals surface area contributed by atoms with Gasteiger partial charge in [-0.05, 0) is 87.4 Å². The number of halogens is 6. The third-order valence-corrected chi connectivity index (χ3v) is 10.5. The van der Waals surface area contributed by atoms with Gasteiger partial charge < -0.3 is 14.6 Å². The summed E-state index contributed by atoms with van der Waals surface area (Å²) in [6.45, 7) is 9.45. The van der Waals surface area contributed by atoms with Crippen molar-refractivity contribution >= 4 is 6.29 Å². The largest absolute Gasteiger partial charge is 0.382 e. The zero-order valence-corrected chi connectivity index (χ0v) is 37.6. The number of nitrogens with zero attached hydrogens (tertiary/aromatic N) is 8. The summed E-state index contributed by atoms with van der Waals surface area (Å²) in [6, 6.07) is 29.6. The Morgan fingerprint density at radius 1 is 0.647 bits per heavy atom. The molecule has 0 saturated heterocycles. The second-order valence-corrected chi connectivity index (χ2v) is 15.3. The molecule has 12 nitrogen and oxygen atoms in total. The minimum absolute atomic E-state index is 0.120. The number of aldehydes is 1. The average Bonchev–Trinajstić information content (AvgIpc) is 4.21. The van der Waals surface area contributed by atoms with Crippen molar-refractivity contribution in [1.29, 1.82) is 0 Å². The van der Waals surface area contributed by atoms with Crippen LogP contribution in [0.15, 0.2) is 140 Å². The molecule has 0 spiro atoms. The Labute approximate surface area is 389 Å². The van der Waals surface area contributed by atoms with E-state index in [1.165, 1.54) is 64.2 Å². The summed E-state index contributed by atoms with van der Waals surface area (Å²) < 4.78 is 98.3. The Balaban J connectivity index is 0.000000195. The molecule has 4 aromatic heterocycles. The van der Waals surface area contributed by atoms with Crippen LogP contribution in [0.2, 0.25) is 0 Å². The fourth-order valence-electron chi connectivity index (χ4n) is 6.85. The van der Waals surface area contributed by atoms with E-state index >= 15 is 0 Å². The lowest BCUT2D eigenvalue weighted by atomic mass is 10.1. The number of carbonyl (C=O) groups excluding carboxylic acids is 1. The van der Waals surface area contributed by atoms with Crippen LogP contribution in [0.25, 0.3) is 11.4 Å². The summed E-state index contributed by atoms with van der Waals surface area (Å²) in [4.78, 5) is 10.1. The van der Waals surface area contributed by atoms with E-state index < -0.39 is 48.5 Å². The summed E-state index contributed by atoms with van der Waals surface area (Å²) in [7, 11) is 0. The minimum atomic E-state index is -2.85. The number of aliphatic hydroxyl groups excluding tert-OH is 1. The third kappa shape index (κ3) is 13.3. The van der Waals surface area contributed by atoms with Crippen LogP contribution in [0, 0.1) is 11.6 Å². The number of hydrogen-bond acceptors (Lipinski definition) is 8. The van der Waals surface area contributed by atoms with E-state index in [2.05, 4.69) is 20.4 Å². The second kappa shape index (κ2) is 24.0. The van der Waals surface area contributed by atoms with Gasteiger partial charge in [-0.1, -0.05) is 60.7 Å². The number of aromatic nitrogens is 8. The molecular weight excluding hydrogens is 891 g/mol. The van der Waals surface area contributed by atoms with Gasteiger partial charge in [-0.2, -0.15) is 20.4 Å². The van der Waals surface area contributed by atoms with Gasteiger partial charge in [0.2, 0.25) is 0 Å². The van der Waals surface area contributed by atoms with E-state index in [-0.39, 0.29) is 18.0 Å². The molecule has 0 saturated carbocycles. The van der Waals surface area contributed by atoms with E-state index in [1.807, 2.05) is 74.5 Å². The average molecular weight is 941 g/mol. The van der Waals surface area contributed by atoms with Crippen molar-refractivity contribution in [3.05, 3.63) is 202 Å². The molecule has 18 heteroatoms. The van der Waals surface area contributed by atoms with Crippen LogP contribution in [-0.2, 0) is 35.8 Å². The Morgan fingerprint density at radius 2 is 1.18 bits per heavy atom. The quantitative estimate of drug-likeness (QED) is 0.0706. The third-order valence-electron chi connectivity index (χ3n) is 10.5. The van der Waals surface area contributed by atoms with E-state index in [0.29, 0.717) is 46.8 Å². The molecule has 68 heavy (non-hydrogen) atoms. The molecule has 356 valence electrons. The molecule has 4 heterocycles. The molecule has 1 N–H and O–H groups in total. The SMILES string of the molecule is CCn1cc(C(O)c2cc(C(F)F)nn2-c2ccc(F)cc2[C@@H](C)OCc2ccccc2)cn1.CCn1cc(C=O)cn1.C[C@@H](OCc1ccccc1)c1cc(F)ccc1-n1ccc(C(F)F)n1. The fourth-order valence-corrected chi connectivity index (χ4v) is 6.85. The Morgan fingerprint density at radius 3 is 1.66 bits per heavy atom. The van der Waals surface area contributed by atoms with Gasteiger partial charge in [0.1, 0.15) is 29.1 Å². The molecule has 0 aliphatic heterocycles. The van der Waals surface area contributed by atoms with Crippen LogP contribution in [0.3, 0.4) is 0 Å². The lowest BCUT2D eigenvalue weighted by Crippen LogP contribution is -2.13. The van der Waals surface area contributed by atoms with Crippen molar-refractivity contribution in [2.45, 2.75) is 85.2 Å². The molecule has 0 bridgehead atoms. The summed E-state index contributed by atoms with van der Waals surface area (Å²) in [5.74, 6) is -0.920. The first-order valence-corrected chi connectivity index (χ1v) is 21.6. The molecule has 0 aliphatic carbocycles. The van der Waals surface area contributed by atoms with E-state index in [0.717, 1.165) is 30.0 Å². The summed E-state index contributed by atoms with van der Waals surface area (Å²) >= 11 is 0. The molecule has 0 amide bonds. The monoisotopic (exact) mass is 940 g/mol. The maximum Gasteiger partial charge on any atom is 0.282 e. The van der Waals surface area contributed by atoms with Gasteiger partial charge >= 0.3 is 0 Å². The molecule has 0 fully saturated rings. The highest BCUT2D eigenvalue weighted by molar-refractivity contribution is 5.73. The summed E-state index contributed by atoms with van der Waals surface area (Å²) in [5.41, 5.74) is 4.10. The van der Waals surface area contributed by atoms with Crippen molar-refractivity contribution in [2.75, 3.05) is 0 Å². The number of aryl methyl sites for hydroxylation is 2. The maximum atomic E-state index is 14.2. The number of carbonyl (C=O) groups is 1. The predicted molar refractivity (Wildman–Crippen MR) is 242 cm³/mol. The number of aliphatic hydroxyl groups is 1. The zero-order chi connectivity index (χ0) is 48.7. The van der Waals surface area contributed by atoms with Gasteiger partial charge in [0.15, 0.2) is 6.29 Å². The predicted octanol–water partition coefficient (Wildman–Crippen LogP) is 11.5. The van der Waals surface area contributed by atoms with Gasteiger partial charge in [-0.15, -0.1) is 0 Å². The first-order chi connectivity index (χ1) is 32.8. The lowest BCUT2D eigenvalue weighted by Gasteiger charge is -2.20. The second-order valence-electron chi connectivity index (χ2n) is 15.3. The first-order valence-electron chi connectivity index (χ1n) is 21.6. The van der Waals surface area contributed by atoms with Crippen LogP contribution in [-0.4, -0.2) is 50.5 Å². The van der Waals surface area contributed by atoms with Crippen LogP contribution in [0.1, 0.15) is 114 Å². The van der Waals surface area contributed by atoms with Crippen LogP contribution in [0.4, 0.5) is 26.3 Å². The molecule has 4 aromatic carbocycles. The standard InChI is InChI=1S/C25H25F3N4O2.C19H17F3N2O.C6H8N2O/c1-3-31-14-18(13-29-31)24(33)23-12-21(25(27)28)30-32(23)22-10-9-19(26)11-20(22)16(2)34-15-17-7-5-4-6-8-17;1-13(25-12-14-5-3-2-4-6-14)16-11-15(20)7-8-18(16)24-10-9-17(23-24)19(21)22;1-2-8-4-6(5-9)3-7-8/h4-14,16,24-25,33H,3,15H2,1-2H3;2-11,13,19H,12H2,1H3;3-5H,2H2,1H3/t16-,24?;13-;/m11./s1. The summed E-state index contributed by atoms with van der Waals surface area (Å²) in [5, 5.41) is 27.0. The van der Waals surface area contributed by atoms with E-state index in [4.69, 9.17) is 9.47 Å². The van der Waals surface area contributed by atoms with Gasteiger partial charge in [-0.25, -0.2) is 35.7 Å². The Hall–Kier alpha value is -7.15. The minimum Gasteiger partial charge on any atom is -0.382 e. The topological polar surface area (TPSA) is 127 Å². The van der Waals surface area contributed by atoms with Gasteiger partial charge in [-0.3, -0.25) is 14.2 Å². The lowest BCUT2D eigenvalue weighted by molar-refractivity contribution is 0.0521. The van der Waals surface area contributed by atoms with Crippen molar-refractivity contribution in [3.63, 3.8) is 0 Å². The van der Waals surface area contributed by atoms with Gasteiger partial charge in [0, 0.05) is 48.4 Å². The van der Waals surface area contributed by atoms with Crippen molar-refractivity contribution < 1.29 is 45.7 Å². The maximum absolute atomic E-state index is 14.2. The van der Waals surface area contributed by atoms with E-state index in [1.54, 1.807) is 41.8 Å². The molecule has 8 rings (SSSR count). The number of alkyl halides is 4. The number of ether oxygens (including phenoxy) is 2. The van der Waals surface area contributed by atoms with Gasteiger partial charge in [0.25, 0.3) is 12.9 Å². The van der Waals surface area contributed by atoms with Crippen molar-refractivity contribution in [2.24, 2.45) is 0 Å². The van der Waals surface area contributed by atoms with Crippen molar-refractivity contribution in [3.8, 4) is 11.4 Å². The highest BCUT2D eigenvalue weighted by atomic mass is 19.3. The smallest absolute Gasteiger partial charge is 0.282 e. The van der Waals surface area contributed by atoms with Crippen molar-refractivity contribution in [1.82, 2.24) is 39.1 Å². The number of hydrogen-bond donors (Lipinski definition) is 1. The normalized spacial score (nSPS) is 12.5. The van der Waals surface area contributed by atoms with Crippen LogP contribution in [0.5, 0.6) is 0 Å². The molecule has 0 radical (unpaired) electrons. The van der Waals surface area contributed by atoms with Crippen LogP contribution < -0.4 is 0 Å². The highest BCUT2D eigenvalue weighted by Crippen LogP contribution is 2.33. The Bertz CT molecular complexity index is 2810. The molecule has 0 aliphatic rings. The molecule has 8 aromatic rings. The van der Waals surface area contributed by atoms with Gasteiger partial charge in [0.05, 0.1) is 60.4 Å². The number of rotatable bonds is 17.